The molecule has 0 spiro atoms. The summed E-state index contributed by atoms with van der Waals surface area (Å²) in [5, 5.41) is 4.53. The van der Waals surface area contributed by atoms with Crippen LogP contribution in [0, 0.1) is 0 Å². The second-order valence-corrected chi connectivity index (χ2v) is 14.1. The van der Waals surface area contributed by atoms with Crippen LogP contribution in [-0.2, 0) is 0 Å². The van der Waals surface area contributed by atoms with Crippen LogP contribution in [-0.4, -0.2) is 19.5 Å². The molecule has 5 nitrogen and oxygen atoms in total. The number of rotatable bonds is 6. The van der Waals surface area contributed by atoms with Crippen molar-refractivity contribution in [2.24, 2.45) is 0 Å². The maximum atomic E-state index is 6.62. The van der Waals surface area contributed by atoms with Crippen LogP contribution >= 0.6 is 0 Å². The standard InChI is InChI=1S/C51H32N4O/c1-5-13-33(14-6-1)36-23-27-45-43(29-36)44-30-37(24-28-46(44)55(45)40-19-11-4-12-20-40)38-21-25-41-42-26-22-39(32-48(42)56-47(41)31-38)51-53-49(34-15-7-2-8-16-34)52-50(54-51)35-17-9-3-10-18-35/h1-32H. The summed E-state index contributed by atoms with van der Waals surface area (Å²) >= 11 is 0. The number of benzene rings is 8. The lowest BCUT2D eigenvalue weighted by atomic mass is 9.99. The first-order chi connectivity index (χ1) is 27.7. The number of furan rings is 1. The highest BCUT2D eigenvalue weighted by Crippen LogP contribution is 2.39. The van der Waals surface area contributed by atoms with Crippen molar-refractivity contribution in [1.82, 2.24) is 19.5 Å². The van der Waals surface area contributed by atoms with Crippen molar-refractivity contribution in [3.05, 3.63) is 194 Å². The van der Waals surface area contributed by atoms with E-state index in [1.165, 1.54) is 32.9 Å². The fraction of sp³-hybridized carbons (Fsp3) is 0. The van der Waals surface area contributed by atoms with Gasteiger partial charge < -0.3 is 8.98 Å². The Bertz CT molecular complexity index is 3170. The lowest BCUT2D eigenvalue weighted by Crippen LogP contribution is -2.00. The van der Waals surface area contributed by atoms with Crippen molar-refractivity contribution in [2.45, 2.75) is 0 Å². The summed E-state index contributed by atoms with van der Waals surface area (Å²) in [5.74, 6) is 1.85. The highest BCUT2D eigenvalue weighted by Gasteiger charge is 2.17. The molecule has 11 aromatic rings. The van der Waals surface area contributed by atoms with E-state index in [9.17, 15) is 0 Å². The smallest absolute Gasteiger partial charge is 0.164 e. The molecule has 0 fully saturated rings. The fourth-order valence-electron chi connectivity index (χ4n) is 7.90. The molecule has 0 amide bonds. The topological polar surface area (TPSA) is 56.7 Å². The van der Waals surface area contributed by atoms with Gasteiger partial charge in [0.05, 0.1) is 11.0 Å². The second kappa shape index (κ2) is 13.0. The van der Waals surface area contributed by atoms with Crippen molar-refractivity contribution in [3.8, 4) is 62.1 Å². The zero-order chi connectivity index (χ0) is 37.0. The van der Waals surface area contributed by atoms with Crippen LogP contribution < -0.4 is 0 Å². The molecule has 5 heteroatoms. The molecule has 0 atom stereocenters. The number of para-hydroxylation sites is 1. The van der Waals surface area contributed by atoms with E-state index in [-0.39, 0.29) is 0 Å². The molecule has 262 valence electrons. The van der Waals surface area contributed by atoms with E-state index in [0.717, 1.165) is 55.4 Å². The van der Waals surface area contributed by atoms with Crippen LogP contribution in [0.2, 0.25) is 0 Å². The van der Waals surface area contributed by atoms with E-state index < -0.39 is 0 Å². The number of hydrogen-bond donors (Lipinski definition) is 0. The molecule has 0 bridgehead atoms. The van der Waals surface area contributed by atoms with Gasteiger partial charge in [0.2, 0.25) is 0 Å². The number of fused-ring (bicyclic) bond motifs is 6. The van der Waals surface area contributed by atoms with Crippen LogP contribution in [0.5, 0.6) is 0 Å². The maximum Gasteiger partial charge on any atom is 0.164 e. The molecule has 0 aliphatic carbocycles. The van der Waals surface area contributed by atoms with Gasteiger partial charge in [0.25, 0.3) is 0 Å². The van der Waals surface area contributed by atoms with Crippen molar-refractivity contribution in [3.63, 3.8) is 0 Å². The summed E-state index contributed by atoms with van der Waals surface area (Å²) in [4.78, 5) is 14.7. The van der Waals surface area contributed by atoms with Gasteiger partial charge in [0.15, 0.2) is 17.5 Å². The van der Waals surface area contributed by atoms with Crippen LogP contribution in [0.1, 0.15) is 0 Å². The van der Waals surface area contributed by atoms with E-state index in [1.807, 2.05) is 66.7 Å². The molecule has 11 rings (SSSR count). The van der Waals surface area contributed by atoms with Crippen LogP contribution in [0.4, 0.5) is 0 Å². The summed E-state index contributed by atoms with van der Waals surface area (Å²) in [5.41, 5.74) is 12.5. The lowest BCUT2D eigenvalue weighted by molar-refractivity contribution is 0.669. The number of hydrogen-bond acceptors (Lipinski definition) is 4. The monoisotopic (exact) mass is 716 g/mol. The molecule has 0 aliphatic rings. The first kappa shape index (κ1) is 31.9. The Morgan fingerprint density at radius 2 is 0.696 bits per heavy atom. The van der Waals surface area contributed by atoms with Gasteiger partial charge in [-0.25, -0.2) is 15.0 Å². The molecular weight excluding hydrogens is 685 g/mol. The molecule has 56 heavy (non-hydrogen) atoms. The number of nitrogens with zero attached hydrogens (tertiary/aromatic N) is 4. The Kier molecular flexibility index (Phi) is 7.42. The van der Waals surface area contributed by atoms with Gasteiger partial charge in [-0.05, 0) is 82.9 Å². The summed E-state index contributed by atoms with van der Waals surface area (Å²) in [7, 11) is 0. The molecule has 3 aromatic heterocycles. The molecule has 0 saturated carbocycles. The third-order valence-corrected chi connectivity index (χ3v) is 10.7. The highest BCUT2D eigenvalue weighted by atomic mass is 16.3. The van der Waals surface area contributed by atoms with E-state index in [0.29, 0.717) is 17.5 Å². The van der Waals surface area contributed by atoms with Crippen molar-refractivity contribution in [1.29, 1.82) is 0 Å². The summed E-state index contributed by atoms with van der Waals surface area (Å²) in [6.07, 6.45) is 0. The Labute approximate surface area is 322 Å². The van der Waals surface area contributed by atoms with Gasteiger partial charge >= 0.3 is 0 Å². The molecule has 0 radical (unpaired) electrons. The fourth-order valence-corrected chi connectivity index (χ4v) is 7.90. The van der Waals surface area contributed by atoms with Gasteiger partial charge in [-0.3, -0.25) is 0 Å². The first-order valence-electron chi connectivity index (χ1n) is 18.8. The molecule has 8 aromatic carbocycles. The Hall–Kier alpha value is -7.63. The number of aromatic nitrogens is 4. The van der Waals surface area contributed by atoms with E-state index in [4.69, 9.17) is 19.4 Å². The molecule has 0 N–H and O–H groups in total. The third kappa shape index (κ3) is 5.45. The summed E-state index contributed by atoms with van der Waals surface area (Å²) in [6, 6.07) is 67.6. The largest absolute Gasteiger partial charge is 0.456 e. The van der Waals surface area contributed by atoms with Crippen LogP contribution in [0.25, 0.3) is 106 Å². The van der Waals surface area contributed by atoms with E-state index in [1.54, 1.807) is 0 Å². The minimum absolute atomic E-state index is 0.596. The molecule has 0 saturated heterocycles. The average Bonchev–Trinajstić information content (AvgIpc) is 3.81. The molecular formula is C51H32N4O. The zero-order valence-electron chi connectivity index (χ0n) is 30.2. The van der Waals surface area contributed by atoms with E-state index in [2.05, 4.69) is 132 Å². The van der Waals surface area contributed by atoms with Gasteiger partial charge in [-0.2, -0.15) is 0 Å². The van der Waals surface area contributed by atoms with Gasteiger partial charge in [-0.15, -0.1) is 0 Å². The SMILES string of the molecule is c1ccc(-c2ccc3c(c2)c2cc(-c4ccc5c(c4)oc4cc(-c6nc(-c7ccccc7)nc(-c7ccccc7)n6)ccc45)ccc2n3-c2ccccc2)cc1. The maximum absolute atomic E-state index is 6.62. The minimum Gasteiger partial charge on any atom is -0.456 e. The highest BCUT2D eigenvalue weighted by molar-refractivity contribution is 6.12. The zero-order valence-corrected chi connectivity index (χ0v) is 30.2. The van der Waals surface area contributed by atoms with Crippen LogP contribution in [0.3, 0.4) is 0 Å². The normalized spacial score (nSPS) is 11.6. The predicted molar refractivity (Wildman–Crippen MR) is 229 cm³/mol. The van der Waals surface area contributed by atoms with Gasteiger partial charge in [0, 0.05) is 43.9 Å². The molecule has 0 aliphatic heterocycles. The lowest BCUT2D eigenvalue weighted by Gasteiger charge is -2.08. The Morgan fingerprint density at radius 1 is 0.304 bits per heavy atom. The Morgan fingerprint density at radius 3 is 1.23 bits per heavy atom. The van der Waals surface area contributed by atoms with Gasteiger partial charge in [-0.1, -0.05) is 133 Å². The second-order valence-electron chi connectivity index (χ2n) is 14.1. The molecule has 0 unspecified atom stereocenters. The quantitative estimate of drug-likeness (QED) is 0.172. The minimum atomic E-state index is 0.596. The first-order valence-corrected chi connectivity index (χ1v) is 18.8. The Balaban J connectivity index is 1.02. The van der Waals surface area contributed by atoms with Crippen molar-refractivity contribution in [2.75, 3.05) is 0 Å². The van der Waals surface area contributed by atoms with E-state index >= 15 is 0 Å². The van der Waals surface area contributed by atoms with Crippen LogP contribution in [0.15, 0.2) is 199 Å². The van der Waals surface area contributed by atoms with Crippen molar-refractivity contribution < 1.29 is 4.42 Å². The van der Waals surface area contributed by atoms with Crippen molar-refractivity contribution >= 4 is 43.7 Å². The average molecular weight is 717 g/mol. The summed E-state index contributed by atoms with van der Waals surface area (Å²) < 4.78 is 8.98. The third-order valence-electron chi connectivity index (χ3n) is 10.7. The molecule has 3 heterocycles. The summed E-state index contributed by atoms with van der Waals surface area (Å²) in [6.45, 7) is 0. The predicted octanol–water partition coefficient (Wildman–Crippen LogP) is 13.2. The van der Waals surface area contributed by atoms with Gasteiger partial charge in [0.1, 0.15) is 11.2 Å².